The van der Waals surface area contributed by atoms with Crippen LogP contribution in [0.4, 0.5) is 0 Å². The van der Waals surface area contributed by atoms with Gasteiger partial charge in [-0.1, -0.05) is 23.7 Å². The van der Waals surface area contributed by atoms with Crippen LogP contribution in [0.5, 0.6) is 5.75 Å². The lowest BCUT2D eigenvalue weighted by Gasteiger charge is -2.25. The molecule has 0 spiro atoms. The summed E-state index contributed by atoms with van der Waals surface area (Å²) in [5, 5.41) is 5.20. The van der Waals surface area contributed by atoms with Gasteiger partial charge in [0.05, 0.1) is 11.7 Å². The minimum absolute atomic E-state index is 0.340. The Labute approximate surface area is 150 Å². The van der Waals surface area contributed by atoms with Crippen LogP contribution in [0.1, 0.15) is 5.82 Å². The van der Waals surface area contributed by atoms with E-state index >= 15 is 0 Å². The van der Waals surface area contributed by atoms with Crippen molar-refractivity contribution in [1.29, 1.82) is 0 Å². The SMILES string of the molecule is Cn1c(COc2ccccc2Cl)nn(CN2CCSCC2)c1=S. The molecule has 0 bridgehead atoms. The zero-order valence-electron chi connectivity index (χ0n) is 12.9. The van der Waals surface area contributed by atoms with Gasteiger partial charge in [0.15, 0.2) is 10.6 Å². The molecule has 3 rings (SSSR count). The molecule has 8 heteroatoms. The fourth-order valence-corrected chi connectivity index (χ4v) is 3.76. The quantitative estimate of drug-likeness (QED) is 0.755. The summed E-state index contributed by atoms with van der Waals surface area (Å²) < 4.78 is 10.2. The normalized spacial score (nSPS) is 15.7. The molecule has 1 aliphatic rings. The van der Waals surface area contributed by atoms with Gasteiger partial charge >= 0.3 is 0 Å². The molecule has 1 aliphatic heterocycles. The fourth-order valence-electron chi connectivity index (χ4n) is 2.39. The topological polar surface area (TPSA) is 35.2 Å². The van der Waals surface area contributed by atoms with Crippen molar-refractivity contribution in [2.24, 2.45) is 7.05 Å². The van der Waals surface area contributed by atoms with Gasteiger partial charge in [-0.15, -0.1) is 0 Å². The summed E-state index contributed by atoms with van der Waals surface area (Å²) in [5.74, 6) is 3.79. The standard InChI is InChI=1S/C15H19ClN4OS2/c1-18-14(10-21-13-5-3-2-4-12(13)16)17-20(15(18)22)11-19-6-8-23-9-7-19/h2-5H,6-11H2,1H3. The van der Waals surface area contributed by atoms with Crippen molar-refractivity contribution < 1.29 is 4.74 Å². The maximum absolute atomic E-state index is 6.11. The number of halogens is 1. The molecule has 0 aliphatic carbocycles. The van der Waals surface area contributed by atoms with Gasteiger partial charge in [-0.05, 0) is 24.4 Å². The predicted octanol–water partition coefficient (Wildman–Crippen LogP) is 3.19. The van der Waals surface area contributed by atoms with E-state index in [4.69, 9.17) is 28.6 Å². The van der Waals surface area contributed by atoms with Crippen molar-refractivity contribution in [1.82, 2.24) is 19.2 Å². The van der Waals surface area contributed by atoms with Crippen LogP contribution in [0.2, 0.25) is 5.02 Å². The Morgan fingerprint density at radius 1 is 1.30 bits per heavy atom. The van der Waals surface area contributed by atoms with Crippen LogP contribution in [0.3, 0.4) is 0 Å². The monoisotopic (exact) mass is 370 g/mol. The van der Waals surface area contributed by atoms with E-state index in [-0.39, 0.29) is 0 Å². The van der Waals surface area contributed by atoms with Crippen molar-refractivity contribution in [3.8, 4) is 5.75 Å². The number of thioether (sulfide) groups is 1. The summed E-state index contributed by atoms with van der Waals surface area (Å²) in [6.07, 6.45) is 0. The van der Waals surface area contributed by atoms with Crippen molar-refractivity contribution in [2.75, 3.05) is 24.6 Å². The molecule has 0 unspecified atom stereocenters. The van der Waals surface area contributed by atoms with Crippen LogP contribution in [-0.4, -0.2) is 43.8 Å². The Hall–Kier alpha value is -1.02. The smallest absolute Gasteiger partial charge is 0.198 e. The maximum Gasteiger partial charge on any atom is 0.198 e. The molecule has 0 saturated carbocycles. The summed E-state index contributed by atoms with van der Waals surface area (Å²) in [6.45, 7) is 3.23. The molecule has 1 saturated heterocycles. The van der Waals surface area contributed by atoms with Crippen LogP contribution in [0.25, 0.3) is 0 Å². The second-order valence-corrected chi connectivity index (χ2v) is 7.35. The Balaban J connectivity index is 1.69. The summed E-state index contributed by atoms with van der Waals surface area (Å²) in [4.78, 5) is 2.37. The predicted molar refractivity (Wildman–Crippen MR) is 96.7 cm³/mol. The van der Waals surface area contributed by atoms with E-state index in [0.29, 0.717) is 22.2 Å². The molecule has 124 valence electrons. The van der Waals surface area contributed by atoms with Crippen LogP contribution in [0.15, 0.2) is 24.3 Å². The first-order valence-electron chi connectivity index (χ1n) is 7.45. The van der Waals surface area contributed by atoms with Crippen molar-refractivity contribution in [3.63, 3.8) is 0 Å². The molecule has 2 aromatic rings. The second-order valence-electron chi connectivity index (χ2n) is 5.35. The van der Waals surface area contributed by atoms with Crippen molar-refractivity contribution in [2.45, 2.75) is 13.3 Å². The minimum atomic E-state index is 0.340. The molecule has 1 aromatic heterocycles. The number of rotatable bonds is 5. The van der Waals surface area contributed by atoms with Gasteiger partial charge in [0, 0.05) is 31.6 Å². The highest BCUT2D eigenvalue weighted by Crippen LogP contribution is 2.23. The minimum Gasteiger partial charge on any atom is -0.484 e. The fraction of sp³-hybridized carbons (Fsp3) is 0.467. The average Bonchev–Trinajstić information content (AvgIpc) is 2.83. The van der Waals surface area contributed by atoms with Gasteiger partial charge in [0.2, 0.25) is 0 Å². The van der Waals surface area contributed by atoms with Gasteiger partial charge < -0.3 is 9.30 Å². The van der Waals surface area contributed by atoms with Crippen LogP contribution in [0, 0.1) is 4.77 Å². The molecule has 1 aromatic carbocycles. The third-order valence-electron chi connectivity index (χ3n) is 3.76. The van der Waals surface area contributed by atoms with E-state index in [9.17, 15) is 0 Å². The highest BCUT2D eigenvalue weighted by Gasteiger charge is 2.14. The van der Waals surface area contributed by atoms with E-state index in [1.165, 1.54) is 11.5 Å². The second kappa shape index (κ2) is 7.70. The number of benzene rings is 1. The molecule has 2 heterocycles. The highest BCUT2D eigenvalue weighted by molar-refractivity contribution is 7.99. The van der Waals surface area contributed by atoms with E-state index in [2.05, 4.69) is 10.00 Å². The number of hydrogen-bond donors (Lipinski definition) is 0. The van der Waals surface area contributed by atoms with E-state index < -0.39 is 0 Å². The zero-order valence-corrected chi connectivity index (χ0v) is 15.3. The Morgan fingerprint density at radius 2 is 2.04 bits per heavy atom. The Kier molecular flexibility index (Phi) is 5.63. The molecular formula is C15H19ClN4OS2. The Morgan fingerprint density at radius 3 is 2.78 bits per heavy atom. The van der Waals surface area contributed by atoms with Crippen LogP contribution in [-0.2, 0) is 20.3 Å². The average molecular weight is 371 g/mol. The lowest BCUT2D eigenvalue weighted by Crippen LogP contribution is -2.34. The third kappa shape index (κ3) is 4.09. The lowest BCUT2D eigenvalue weighted by atomic mass is 10.3. The van der Waals surface area contributed by atoms with Gasteiger partial charge in [0.25, 0.3) is 0 Å². The number of hydrogen-bond acceptors (Lipinski definition) is 5. The first kappa shape index (κ1) is 16.8. The molecular weight excluding hydrogens is 352 g/mol. The molecule has 0 radical (unpaired) electrons. The van der Waals surface area contributed by atoms with Crippen LogP contribution < -0.4 is 4.74 Å². The summed E-state index contributed by atoms with van der Waals surface area (Å²) in [6, 6.07) is 7.43. The molecule has 1 fully saturated rings. The third-order valence-corrected chi connectivity index (χ3v) is 5.50. The molecule has 0 N–H and O–H groups in total. The van der Waals surface area contributed by atoms with E-state index in [0.717, 1.165) is 25.6 Å². The number of ether oxygens (including phenoxy) is 1. The maximum atomic E-state index is 6.11. The molecule has 0 atom stereocenters. The highest BCUT2D eigenvalue weighted by atomic mass is 35.5. The summed E-state index contributed by atoms with van der Waals surface area (Å²) in [5.41, 5.74) is 0. The van der Waals surface area contributed by atoms with E-state index in [1.807, 2.05) is 52.3 Å². The number of aromatic nitrogens is 3. The van der Waals surface area contributed by atoms with Gasteiger partial charge in [-0.25, -0.2) is 4.68 Å². The van der Waals surface area contributed by atoms with E-state index in [1.54, 1.807) is 0 Å². The number of nitrogens with zero attached hydrogens (tertiary/aromatic N) is 4. The lowest BCUT2D eigenvalue weighted by molar-refractivity contribution is 0.224. The van der Waals surface area contributed by atoms with Crippen LogP contribution >= 0.6 is 35.6 Å². The summed E-state index contributed by atoms with van der Waals surface area (Å²) >= 11 is 13.6. The van der Waals surface area contributed by atoms with Gasteiger partial charge in [-0.2, -0.15) is 16.9 Å². The Bertz CT molecular complexity index is 725. The first-order chi connectivity index (χ1) is 11.1. The molecule has 5 nitrogen and oxygen atoms in total. The molecule has 23 heavy (non-hydrogen) atoms. The zero-order chi connectivity index (χ0) is 16.2. The van der Waals surface area contributed by atoms with Crippen molar-refractivity contribution in [3.05, 3.63) is 39.9 Å². The number of para-hydroxylation sites is 1. The first-order valence-corrected chi connectivity index (χ1v) is 9.39. The van der Waals surface area contributed by atoms with Gasteiger partial charge in [0.1, 0.15) is 12.4 Å². The van der Waals surface area contributed by atoms with Crippen molar-refractivity contribution >= 4 is 35.6 Å². The summed E-state index contributed by atoms with van der Waals surface area (Å²) in [7, 11) is 1.92. The molecule has 0 amide bonds. The largest absolute Gasteiger partial charge is 0.484 e. The van der Waals surface area contributed by atoms with Gasteiger partial charge in [-0.3, -0.25) is 4.90 Å².